The molecule has 4 nitrogen and oxygen atoms in total. The van der Waals surface area contributed by atoms with Gasteiger partial charge >= 0.3 is 0 Å². The summed E-state index contributed by atoms with van der Waals surface area (Å²) in [7, 11) is 0. The Labute approximate surface area is 134 Å². The van der Waals surface area contributed by atoms with Gasteiger partial charge in [0.05, 0.1) is 10.7 Å². The second-order valence-corrected chi connectivity index (χ2v) is 5.96. The molecular formula is C16H20BrN3O. The second kappa shape index (κ2) is 7.41. The van der Waals surface area contributed by atoms with Gasteiger partial charge in [0, 0.05) is 6.54 Å². The summed E-state index contributed by atoms with van der Waals surface area (Å²) < 4.78 is 6.62. The molecule has 1 N–H and O–H groups in total. The molecule has 0 spiro atoms. The zero-order valence-electron chi connectivity index (χ0n) is 12.6. The van der Waals surface area contributed by atoms with Crippen LogP contribution in [0.1, 0.15) is 38.7 Å². The highest BCUT2D eigenvalue weighted by Gasteiger charge is 2.08. The van der Waals surface area contributed by atoms with Crippen molar-refractivity contribution in [1.82, 2.24) is 9.97 Å². The average molecular weight is 350 g/mol. The summed E-state index contributed by atoms with van der Waals surface area (Å²) in [5, 5.41) is 3.15. The van der Waals surface area contributed by atoms with Crippen molar-refractivity contribution in [3.05, 3.63) is 40.5 Å². The van der Waals surface area contributed by atoms with Crippen molar-refractivity contribution >= 4 is 21.9 Å². The summed E-state index contributed by atoms with van der Waals surface area (Å²) in [6, 6.07) is 8.06. The largest absolute Gasteiger partial charge is 0.438 e. The first-order valence-corrected chi connectivity index (χ1v) is 7.93. The Bertz CT molecular complexity index is 602. The van der Waals surface area contributed by atoms with Gasteiger partial charge in [-0.1, -0.05) is 32.9 Å². The molecule has 1 heterocycles. The van der Waals surface area contributed by atoms with Gasteiger partial charge in [-0.15, -0.1) is 0 Å². The highest BCUT2D eigenvalue weighted by atomic mass is 79.9. The molecule has 0 aliphatic rings. The van der Waals surface area contributed by atoms with Crippen LogP contribution in [-0.2, 0) is 0 Å². The SMILES string of the molecule is CCCNc1ncc(Br)c(Oc2cccc(C(C)C)c2)n1. The van der Waals surface area contributed by atoms with Gasteiger partial charge in [-0.25, -0.2) is 4.98 Å². The number of hydrogen-bond acceptors (Lipinski definition) is 4. The van der Waals surface area contributed by atoms with E-state index in [1.54, 1.807) is 6.20 Å². The predicted octanol–water partition coefficient (Wildman–Crippen LogP) is 4.98. The number of benzene rings is 1. The zero-order valence-corrected chi connectivity index (χ0v) is 14.1. The van der Waals surface area contributed by atoms with Gasteiger partial charge in [-0.05, 0) is 46.0 Å². The first-order valence-electron chi connectivity index (χ1n) is 7.14. The molecule has 0 bridgehead atoms. The van der Waals surface area contributed by atoms with Crippen LogP contribution in [0, 0.1) is 0 Å². The summed E-state index contributed by atoms with van der Waals surface area (Å²) in [4.78, 5) is 8.60. The van der Waals surface area contributed by atoms with E-state index >= 15 is 0 Å². The summed E-state index contributed by atoms with van der Waals surface area (Å²) in [6.07, 6.45) is 2.72. The normalized spacial score (nSPS) is 10.7. The van der Waals surface area contributed by atoms with E-state index < -0.39 is 0 Å². The van der Waals surface area contributed by atoms with E-state index in [0.717, 1.165) is 23.2 Å². The van der Waals surface area contributed by atoms with Crippen LogP contribution in [0.3, 0.4) is 0 Å². The first kappa shape index (κ1) is 15.8. The van der Waals surface area contributed by atoms with E-state index in [1.807, 2.05) is 18.2 Å². The fraction of sp³-hybridized carbons (Fsp3) is 0.375. The number of hydrogen-bond donors (Lipinski definition) is 1. The predicted molar refractivity (Wildman–Crippen MR) is 89.1 cm³/mol. The van der Waals surface area contributed by atoms with Gasteiger partial charge in [-0.2, -0.15) is 4.98 Å². The van der Waals surface area contributed by atoms with Gasteiger partial charge < -0.3 is 10.1 Å². The van der Waals surface area contributed by atoms with Crippen molar-refractivity contribution in [2.45, 2.75) is 33.1 Å². The zero-order chi connectivity index (χ0) is 15.2. The quantitative estimate of drug-likeness (QED) is 0.798. The van der Waals surface area contributed by atoms with Crippen molar-refractivity contribution in [2.75, 3.05) is 11.9 Å². The molecule has 0 saturated heterocycles. The van der Waals surface area contributed by atoms with E-state index in [1.165, 1.54) is 5.56 Å². The van der Waals surface area contributed by atoms with Crippen molar-refractivity contribution in [2.24, 2.45) is 0 Å². The Morgan fingerprint density at radius 2 is 2.14 bits per heavy atom. The maximum atomic E-state index is 5.88. The van der Waals surface area contributed by atoms with Crippen LogP contribution in [0.2, 0.25) is 0 Å². The van der Waals surface area contributed by atoms with Crippen molar-refractivity contribution in [1.29, 1.82) is 0 Å². The minimum atomic E-state index is 0.462. The molecule has 2 aromatic rings. The van der Waals surface area contributed by atoms with Gasteiger partial charge in [-0.3, -0.25) is 0 Å². The van der Waals surface area contributed by atoms with Crippen molar-refractivity contribution < 1.29 is 4.74 Å². The molecular weight excluding hydrogens is 330 g/mol. The number of nitrogens with one attached hydrogen (secondary N) is 1. The first-order chi connectivity index (χ1) is 10.1. The minimum absolute atomic E-state index is 0.462. The molecule has 21 heavy (non-hydrogen) atoms. The number of nitrogens with zero attached hydrogens (tertiary/aromatic N) is 2. The second-order valence-electron chi connectivity index (χ2n) is 5.10. The van der Waals surface area contributed by atoms with Gasteiger partial charge in [0.15, 0.2) is 0 Å². The average Bonchev–Trinajstić information content (AvgIpc) is 2.48. The Balaban J connectivity index is 2.20. The van der Waals surface area contributed by atoms with Gasteiger partial charge in [0.1, 0.15) is 5.75 Å². The molecule has 2 rings (SSSR count). The third kappa shape index (κ3) is 4.43. The molecule has 0 aliphatic heterocycles. The molecule has 1 aromatic carbocycles. The third-order valence-corrected chi connectivity index (χ3v) is 3.53. The molecule has 0 unspecified atom stereocenters. The van der Waals surface area contributed by atoms with E-state index in [4.69, 9.17) is 4.74 Å². The highest BCUT2D eigenvalue weighted by Crippen LogP contribution is 2.29. The summed E-state index contributed by atoms with van der Waals surface area (Å²) >= 11 is 3.43. The lowest BCUT2D eigenvalue weighted by Gasteiger charge is -2.11. The lowest BCUT2D eigenvalue weighted by Crippen LogP contribution is -2.05. The summed E-state index contributed by atoms with van der Waals surface area (Å²) in [5.74, 6) is 2.34. The molecule has 0 amide bonds. The van der Waals surface area contributed by atoms with Gasteiger partial charge in [0.25, 0.3) is 0 Å². The van der Waals surface area contributed by atoms with Crippen LogP contribution in [0.25, 0.3) is 0 Å². The minimum Gasteiger partial charge on any atom is -0.438 e. The lowest BCUT2D eigenvalue weighted by molar-refractivity contribution is 0.458. The smallest absolute Gasteiger partial charge is 0.238 e. The molecule has 1 aromatic heterocycles. The third-order valence-electron chi connectivity index (χ3n) is 2.98. The number of ether oxygens (including phenoxy) is 1. The Morgan fingerprint density at radius 3 is 2.86 bits per heavy atom. The monoisotopic (exact) mass is 349 g/mol. The molecule has 112 valence electrons. The molecule has 0 atom stereocenters. The molecule has 0 radical (unpaired) electrons. The summed E-state index contributed by atoms with van der Waals surface area (Å²) in [5.41, 5.74) is 1.24. The highest BCUT2D eigenvalue weighted by molar-refractivity contribution is 9.10. The Hall–Kier alpha value is -1.62. The van der Waals surface area contributed by atoms with E-state index in [-0.39, 0.29) is 0 Å². The van der Waals surface area contributed by atoms with Crippen molar-refractivity contribution in [3.8, 4) is 11.6 Å². The van der Waals surface area contributed by atoms with Crippen LogP contribution in [0.5, 0.6) is 11.6 Å². The van der Waals surface area contributed by atoms with Crippen LogP contribution in [0.15, 0.2) is 34.9 Å². The maximum Gasteiger partial charge on any atom is 0.238 e. The lowest BCUT2D eigenvalue weighted by atomic mass is 10.0. The van der Waals surface area contributed by atoms with Crippen LogP contribution in [0.4, 0.5) is 5.95 Å². The van der Waals surface area contributed by atoms with Crippen LogP contribution in [-0.4, -0.2) is 16.5 Å². The van der Waals surface area contributed by atoms with E-state index in [0.29, 0.717) is 17.7 Å². The fourth-order valence-corrected chi connectivity index (χ4v) is 2.07. The fourth-order valence-electron chi connectivity index (χ4n) is 1.79. The van der Waals surface area contributed by atoms with Gasteiger partial charge in [0.2, 0.25) is 11.8 Å². The maximum absolute atomic E-state index is 5.88. The number of anilines is 1. The standard InChI is InChI=1S/C16H20BrN3O/c1-4-8-18-16-19-10-14(17)15(20-16)21-13-7-5-6-12(9-13)11(2)3/h5-7,9-11H,4,8H2,1-3H3,(H,18,19,20). The topological polar surface area (TPSA) is 47.0 Å². The molecule has 0 saturated carbocycles. The summed E-state index contributed by atoms with van der Waals surface area (Å²) in [6.45, 7) is 7.25. The van der Waals surface area contributed by atoms with E-state index in [2.05, 4.69) is 58.1 Å². The number of aromatic nitrogens is 2. The van der Waals surface area contributed by atoms with Crippen LogP contribution >= 0.6 is 15.9 Å². The van der Waals surface area contributed by atoms with Crippen molar-refractivity contribution in [3.63, 3.8) is 0 Å². The van der Waals surface area contributed by atoms with E-state index in [9.17, 15) is 0 Å². The number of rotatable bonds is 6. The Morgan fingerprint density at radius 1 is 1.33 bits per heavy atom. The molecule has 0 fully saturated rings. The molecule has 5 heteroatoms. The molecule has 0 aliphatic carbocycles. The van der Waals surface area contributed by atoms with Crippen LogP contribution < -0.4 is 10.1 Å². The Kier molecular flexibility index (Phi) is 5.56. The number of halogens is 1.